The topological polar surface area (TPSA) is 77.1 Å². The first kappa shape index (κ1) is 14.7. The molecule has 23 heavy (non-hydrogen) atoms. The highest BCUT2D eigenvalue weighted by atomic mass is 16.6. The van der Waals surface area contributed by atoms with E-state index < -0.39 is 4.92 Å². The van der Waals surface area contributed by atoms with Crippen LogP contribution in [0.3, 0.4) is 0 Å². The number of nitrogens with zero attached hydrogens (tertiary/aromatic N) is 4. The van der Waals surface area contributed by atoms with Crippen molar-refractivity contribution < 1.29 is 13.9 Å². The third kappa shape index (κ3) is 3.03. The van der Waals surface area contributed by atoms with Gasteiger partial charge in [-0.15, -0.1) is 0 Å². The first-order chi connectivity index (χ1) is 11.0. The Bertz CT molecular complexity index is 874. The Morgan fingerprint density at radius 2 is 1.91 bits per heavy atom. The Labute approximate surface area is 132 Å². The molecule has 3 rings (SSSR count). The third-order valence-corrected chi connectivity index (χ3v) is 3.17. The highest BCUT2D eigenvalue weighted by molar-refractivity contribution is 5.85. The number of hydrogen-bond donors (Lipinski definition) is 0. The van der Waals surface area contributed by atoms with Crippen LogP contribution < -0.4 is 0 Å². The number of nitro groups is 1. The molecule has 0 atom stereocenters. The Kier molecular flexibility index (Phi) is 3.76. The zero-order chi connectivity index (χ0) is 16.4. The van der Waals surface area contributed by atoms with Gasteiger partial charge in [0.15, 0.2) is 12.0 Å². The lowest BCUT2D eigenvalue weighted by molar-refractivity contribution is -0.458. The molecular formula is C16H15N4O3+. The molecule has 0 aliphatic heterocycles. The highest BCUT2D eigenvalue weighted by Crippen LogP contribution is 2.27. The Morgan fingerprint density at radius 3 is 2.52 bits per heavy atom. The molecule has 0 N–H and O–H groups in total. The van der Waals surface area contributed by atoms with E-state index in [1.807, 2.05) is 61.4 Å². The van der Waals surface area contributed by atoms with Crippen LogP contribution in [0.1, 0.15) is 5.56 Å². The van der Waals surface area contributed by atoms with Crippen molar-refractivity contribution in [3.63, 3.8) is 0 Å². The maximum absolute atomic E-state index is 10.8. The molecule has 7 nitrogen and oxygen atoms in total. The number of benzene rings is 1. The van der Waals surface area contributed by atoms with Crippen molar-refractivity contribution in [3.8, 4) is 17.1 Å². The summed E-state index contributed by atoms with van der Waals surface area (Å²) in [5.41, 5.74) is 2.26. The van der Waals surface area contributed by atoms with Crippen molar-refractivity contribution in [2.45, 2.75) is 0 Å². The molecular weight excluding hydrogens is 296 g/mol. The van der Waals surface area contributed by atoms with Gasteiger partial charge in [-0.05, 0) is 18.2 Å². The third-order valence-electron chi connectivity index (χ3n) is 3.17. The molecule has 1 aromatic carbocycles. The van der Waals surface area contributed by atoms with E-state index in [0.717, 1.165) is 11.3 Å². The molecule has 0 unspecified atom stereocenters. The standard InChI is InChI=1S/C16H15N4O3/c1-18(2)10-12-11-19(13-6-4-3-5-7-13)17-16(12)14-8-9-15(23-14)20(21)22/h3-11H,1-2H3/q+1. The number of para-hydroxylation sites is 1. The van der Waals surface area contributed by atoms with Crippen LogP contribution >= 0.6 is 0 Å². The fourth-order valence-corrected chi connectivity index (χ4v) is 2.22. The smallest absolute Gasteiger partial charge is 0.399 e. The quantitative estimate of drug-likeness (QED) is 0.321. The van der Waals surface area contributed by atoms with Crippen molar-refractivity contribution in [2.75, 3.05) is 14.1 Å². The van der Waals surface area contributed by atoms with Crippen LogP contribution in [0.5, 0.6) is 0 Å². The van der Waals surface area contributed by atoms with Crippen LogP contribution in [0, 0.1) is 10.1 Å². The van der Waals surface area contributed by atoms with Crippen LogP contribution in [-0.4, -0.2) is 39.6 Å². The van der Waals surface area contributed by atoms with Gasteiger partial charge in [0.25, 0.3) is 0 Å². The first-order valence-electron chi connectivity index (χ1n) is 6.95. The summed E-state index contributed by atoms with van der Waals surface area (Å²) in [6, 6.07) is 12.5. The number of aromatic nitrogens is 2. The fraction of sp³-hybridized carbons (Fsp3) is 0.125. The van der Waals surface area contributed by atoms with Gasteiger partial charge in [-0.2, -0.15) is 5.10 Å². The second-order valence-corrected chi connectivity index (χ2v) is 5.20. The molecule has 0 amide bonds. The molecule has 116 valence electrons. The van der Waals surface area contributed by atoms with E-state index in [9.17, 15) is 10.1 Å². The molecule has 0 aliphatic carbocycles. The zero-order valence-electron chi connectivity index (χ0n) is 12.7. The number of furan rings is 1. The Morgan fingerprint density at radius 1 is 1.17 bits per heavy atom. The maximum atomic E-state index is 10.8. The minimum Gasteiger partial charge on any atom is -0.399 e. The van der Waals surface area contributed by atoms with Crippen molar-refractivity contribution in [1.29, 1.82) is 0 Å². The van der Waals surface area contributed by atoms with Crippen LogP contribution in [0.4, 0.5) is 5.88 Å². The number of hydrogen-bond acceptors (Lipinski definition) is 4. The van der Waals surface area contributed by atoms with Gasteiger partial charge >= 0.3 is 5.88 Å². The van der Waals surface area contributed by atoms with Gasteiger partial charge in [-0.1, -0.05) is 18.2 Å². The van der Waals surface area contributed by atoms with E-state index in [0.29, 0.717) is 11.5 Å². The van der Waals surface area contributed by atoms with Gasteiger partial charge in [-0.25, -0.2) is 9.26 Å². The van der Waals surface area contributed by atoms with Crippen molar-refractivity contribution in [1.82, 2.24) is 9.78 Å². The maximum Gasteiger partial charge on any atom is 0.433 e. The summed E-state index contributed by atoms with van der Waals surface area (Å²) in [6.45, 7) is 0. The first-order valence-corrected chi connectivity index (χ1v) is 6.95. The number of rotatable bonds is 4. The van der Waals surface area contributed by atoms with Crippen molar-refractivity contribution in [2.24, 2.45) is 0 Å². The molecule has 2 aromatic heterocycles. The van der Waals surface area contributed by atoms with Crippen LogP contribution in [0.25, 0.3) is 17.1 Å². The summed E-state index contributed by atoms with van der Waals surface area (Å²) in [6.07, 6.45) is 3.75. The lowest BCUT2D eigenvalue weighted by Crippen LogP contribution is -1.99. The van der Waals surface area contributed by atoms with E-state index in [1.54, 1.807) is 10.7 Å². The molecule has 0 saturated heterocycles. The predicted octanol–water partition coefficient (Wildman–Crippen LogP) is 2.73. The molecule has 0 radical (unpaired) electrons. The summed E-state index contributed by atoms with van der Waals surface area (Å²) in [5.74, 6) is 0.0598. The lowest BCUT2D eigenvalue weighted by Gasteiger charge is -1.98. The van der Waals surface area contributed by atoms with Gasteiger partial charge < -0.3 is 4.42 Å². The summed E-state index contributed by atoms with van der Waals surface area (Å²) < 4.78 is 8.89. The largest absolute Gasteiger partial charge is 0.433 e. The van der Waals surface area contributed by atoms with Crippen molar-refractivity contribution in [3.05, 3.63) is 64.3 Å². The molecule has 2 heterocycles. The summed E-state index contributed by atoms with van der Waals surface area (Å²) >= 11 is 0. The van der Waals surface area contributed by atoms with E-state index in [2.05, 4.69) is 5.10 Å². The van der Waals surface area contributed by atoms with Gasteiger partial charge in [0.05, 0.1) is 17.3 Å². The molecule has 7 heteroatoms. The minimum atomic E-state index is -0.562. The molecule has 0 bridgehead atoms. The average molecular weight is 311 g/mol. The monoisotopic (exact) mass is 311 g/mol. The average Bonchev–Trinajstić information content (AvgIpc) is 3.14. The summed E-state index contributed by atoms with van der Waals surface area (Å²) in [5, 5.41) is 15.3. The van der Waals surface area contributed by atoms with Crippen LogP contribution in [0.15, 0.2) is 53.1 Å². The predicted molar refractivity (Wildman–Crippen MR) is 85.2 cm³/mol. The Balaban J connectivity index is 2.12. The van der Waals surface area contributed by atoms with E-state index in [-0.39, 0.29) is 5.88 Å². The molecule has 0 fully saturated rings. The van der Waals surface area contributed by atoms with E-state index in [4.69, 9.17) is 4.42 Å². The minimum absolute atomic E-state index is 0.301. The SMILES string of the molecule is C[N+](C)=Cc1cn(-c2ccccc2)nc1-c1ccc([N+](=O)[O-])o1. The van der Waals surface area contributed by atoms with Crippen LogP contribution in [-0.2, 0) is 0 Å². The van der Waals surface area contributed by atoms with E-state index >= 15 is 0 Å². The zero-order valence-corrected chi connectivity index (χ0v) is 12.7. The second-order valence-electron chi connectivity index (χ2n) is 5.20. The van der Waals surface area contributed by atoms with Gasteiger partial charge in [0.2, 0.25) is 0 Å². The van der Waals surface area contributed by atoms with Gasteiger partial charge in [-0.3, -0.25) is 10.1 Å². The lowest BCUT2D eigenvalue weighted by atomic mass is 10.2. The normalized spacial score (nSPS) is 10.5. The summed E-state index contributed by atoms with van der Waals surface area (Å²) in [4.78, 5) is 10.2. The van der Waals surface area contributed by atoms with Gasteiger partial charge in [0, 0.05) is 6.20 Å². The molecule has 0 aliphatic rings. The molecule has 0 spiro atoms. The Hall–Kier alpha value is -3.22. The van der Waals surface area contributed by atoms with Crippen LogP contribution in [0.2, 0.25) is 0 Å². The summed E-state index contributed by atoms with van der Waals surface area (Å²) in [7, 11) is 3.79. The highest BCUT2D eigenvalue weighted by Gasteiger charge is 2.20. The van der Waals surface area contributed by atoms with Gasteiger partial charge in [0.1, 0.15) is 24.7 Å². The molecule has 3 aromatic rings. The van der Waals surface area contributed by atoms with Crippen molar-refractivity contribution >= 4 is 12.1 Å². The molecule has 0 saturated carbocycles. The van der Waals surface area contributed by atoms with E-state index in [1.165, 1.54) is 6.07 Å². The second kappa shape index (κ2) is 5.88. The fourth-order valence-electron chi connectivity index (χ4n) is 2.22.